The lowest BCUT2D eigenvalue weighted by molar-refractivity contribution is -0.146. The zero-order valence-electron chi connectivity index (χ0n) is 9.18. The van der Waals surface area contributed by atoms with Crippen LogP contribution in [0.1, 0.15) is 19.8 Å². The Kier molecular flexibility index (Phi) is 4.70. The molecular weight excluding hydrogens is 214 g/mol. The smallest absolute Gasteiger partial charge is 0.334 e. The van der Waals surface area contributed by atoms with Gasteiger partial charge in [-0.1, -0.05) is 6.92 Å². The van der Waals surface area contributed by atoms with Gasteiger partial charge in [0.2, 0.25) is 5.91 Å². The third kappa shape index (κ3) is 3.18. The maximum absolute atomic E-state index is 11.6. The molecule has 1 saturated heterocycles. The van der Waals surface area contributed by atoms with E-state index in [9.17, 15) is 9.59 Å². The van der Waals surface area contributed by atoms with E-state index in [0.29, 0.717) is 13.0 Å². The lowest BCUT2D eigenvalue weighted by atomic mass is 9.99. The number of amides is 1. The summed E-state index contributed by atoms with van der Waals surface area (Å²) in [5.74, 6) is -1.81. The SMILES string of the molecule is CCC1OCCC1C(=O)NC[C@H](O)C(=O)O. The molecule has 1 aliphatic heterocycles. The Bertz CT molecular complexity index is 268. The van der Waals surface area contributed by atoms with Crippen molar-refractivity contribution in [3.63, 3.8) is 0 Å². The Morgan fingerprint density at radius 2 is 2.25 bits per heavy atom. The van der Waals surface area contributed by atoms with Crippen molar-refractivity contribution in [1.29, 1.82) is 0 Å². The summed E-state index contributed by atoms with van der Waals surface area (Å²) in [6.45, 7) is 2.22. The average Bonchev–Trinajstić information content (AvgIpc) is 2.73. The van der Waals surface area contributed by atoms with Crippen LogP contribution in [0, 0.1) is 5.92 Å². The summed E-state index contributed by atoms with van der Waals surface area (Å²) >= 11 is 0. The highest BCUT2D eigenvalue weighted by molar-refractivity contribution is 5.80. The molecule has 1 fully saturated rings. The molecule has 1 rings (SSSR count). The van der Waals surface area contributed by atoms with E-state index in [0.717, 1.165) is 6.42 Å². The highest BCUT2D eigenvalue weighted by Crippen LogP contribution is 2.23. The molecule has 0 aliphatic carbocycles. The average molecular weight is 231 g/mol. The fourth-order valence-corrected chi connectivity index (χ4v) is 1.77. The first-order valence-corrected chi connectivity index (χ1v) is 5.36. The second kappa shape index (κ2) is 5.81. The molecule has 0 saturated carbocycles. The van der Waals surface area contributed by atoms with Crippen LogP contribution in [0.3, 0.4) is 0 Å². The highest BCUT2D eigenvalue weighted by atomic mass is 16.5. The molecule has 1 amide bonds. The number of carboxylic acid groups (broad SMARTS) is 1. The minimum atomic E-state index is -1.55. The van der Waals surface area contributed by atoms with Crippen molar-refractivity contribution in [3.05, 3.63) is 0 Å². The number of carboxylic acids is 1. The number of rotatable bonds is 5. The van der Waals surface area contributed by atoms with Crippen LogP contribution in [-0.2, 0) is 14.3 Å². The summed E-state index contributed by atoms with van der Waals surface area (Å²) < 4.78 is 5.35. The molecule has 0 aromatic carbocycles. The number of aliphatic hydroxyl groups is 1. The van der Waals surface area contributed by atoms with Crippen molar-refractivity contribution in [3.8, 4) is 0 Å². The fraction of sp³-hybridized carbons (Fsp3) is 0.800. The molecule has 16 heavy (non-hydrogen) atoms. The van der Waals surface area contributed by atoms with Gasteiger partial charge in [0.15, 0.2) is 6.10 Å². The number of hydrogen-bond acceptors (Lipinski definition) is 4. The number of ether oxygens (including phenoxy) is 1. The second-order valence-electron chi connectivity index (χ2n) is 3.81. The van der Waals surface area contributed by atoms with Gasteiger partial charge < -0.3 is 20.3 Å². The predicted molar refractivity (Wildman–Crippen MR) is 54.8 cm³/mol. The molecule has 3 N–H and O–H groups in total. The first-order valence-electron chi connectivity index (χ1n) is 5.36. The zero-order valence-corrected chi connectivity index (χ0v) is 9.18. The second-order valence-corrected chi connectivity index (χ2v) is 3.81. The van der Waals surface area contributed by atoms with E-state index in [1.54, 1.807) is 0 Å². The minimum absolute atomic E-state index is 0.0954. The molecule has 0 bridgehead atoms. The van der Waals surface area contributed by atoms with Gasteiger partial charge in [0.1, 0.15) is 0 Å². The first kappa shape index (κ1) is 12.9. The molecule has 0 spiro atoms. The number of aliphatic hydroxyl groups excluding tert-OH is 1. The highest BCUT2D eigenvalue weighted by Gasteiger charge is 2.32. The van der Waals surface area contributed by atoms with E-state index < -0.39 is 12.1 Å². The quantitative estimate of drug-likeness (QED) is 0.585. The molecule has 6 nitrogen and oxygen atoms in total. The van der Waals surface area contributed by atoms with Crippen LogP contribution in [0.15, 0.2) is 0 Å². The molecule has 2 unspecified atom stereocenters. The van der Waals surface area contributed by atoms with Gasteiger partial charge >= 0.3 is 5.97 Å². The van der Waals surface area contributed by atoms with E-state index in [-0.39, 0.29) is 24.5 Å². The Labute approximate surface area is 93.6 Å². The van der Waals surface area contributed by atoms with E-state index >= 15 is 0 Å². The first-order chi connectivity index (χ1) is 7.56. The van der Waals surface area contributed by atoms with Gasteiger partial charge in [-0.15, -0.1) is 0 Å². The van der Waals surface area contributed by atoms with Crippen LogP contribution >= 0.6 is 0 Å². The van der Waals surface area contributed by atoms with Gasteiger partial charge in [0.25, 0.3) is 0 Å². The van der Waals surface area contributed by atoms with Gasteiger partial charge in [0.05, 0.1) is 18.6 Å². The van der Waals surface area contributed by atoms with Crippen molar-refractivity contribution in [2.24, 2.45) is 5.92 Å². The predicted octanol–water partition coefficient (Wildman–Crippen LogP) is -0.637. The Morgan fingerprint density at radius 1 is 1.56 bits per heavy atom. The maximum atomic E-state index is 11.6. The Hall–Kier alpha value is -1.14. The van der Waals surface area contributed by atoms with Crippen LogP contribution in [0.25, 0.3) is 0 Å². The molecule has 1 aliphatic rings. The molecule has 0 radical (unpaired) electrons. The van der Waals surface area contributed by atoms with Crippen LogP contribution in [0.4, 0.5) is 0 Å². The summed E-state index contributed by atoms with van der Waals surface area (Å²) in [6.07, 6.45) is -0.249. The maximum Gasteiger partial charge on any atom is 0.334 e. The van der Waals surface area contributed by atoms with Crippen molar-refractivity contribution in [2.75, 3.05) is 13.2 Å². The van der Waals surface area contributed by atoms with Gasteiger partial charge in [-0.2, -0.15) is 0 Å². The normalized spacial score (nSPS) is 26.4. The molecular formula is C10H17NO5. The van der Waals surface area contributed by atoms with Crippen molar-refractivity contribution >= 4 is 11.9 Å². The summed E-state index contributed by atoms with van der Waals surface area (Å²) in [6, 6.07) is 0. The lowest BCUT2D eigenvalue weighted by Gasteiger charge is -2.16. The number of aliphatic carboxylic acids is 1. The van der Waals surface area contributed by atoms with Crippen LogP contribution in [0.5, 0.6) is 0 Å². The number of carbonyl (C=O) groups is 2. The largest absolute Gasteiger partial charge is 0.479 e. The van der Waals surface area contributed by atoms with Crippen molar-refractivity contribution in [1.82, 2.24) is 5.32 Å². The van der Waals surface area contributed by atoms with E-state index in [2.05, 4.69) is 5.32 Å². The molecule has 92 valence electrons. The summed E-state index contributed by atoms with van der Waals surface area (Å²) in [7, 11) is 0. The van der Waals surface area contributed by atoms with Crippen LogP contribution in [0.2, 0.25) is 0 Å². The molecule has 1 heterocycles. The van der Waals surface area contributed by atoms with Gasteiger partial charge in [-0.25, -0.2) is 4.79 Å². The Morgan fingerprint density at radius 3 is 2.81 bits per heavy atom. The number of nitrogens with one attached hydrogen (secondary N) is 1. The van der Waals surface area contributed by atoms with Gasteiger partial charge in [-0.05, 0) is 12.8 Å². The molecule has 0 aromatic heterocycles. The number of hydrogen-bond donors (Lipinski definition) is 3. The molecule has 6 heteroatoms. The third-order valence-corrected chi connectivity index (χ3v) is 2.70. The molecule has 0 aromatic rings. The lowest BCUT2D eigenvalue weighted by Crippen LogP contribution is -2.41. The third-order valence-electron chi connectivity index (χ3n) is 2.70. The van der Waals surface area contributed by atoms with Gasteiger partial charge in [-0.3, -0.25) is 4.79 Å². The summed E-state index contributed by atoms with van der Waals surface area (Å²) in [5, 5.41) is 19.8. The van der Waals surface area contributed by atoms with Gasteiger partial charge in [0, 0.05) is 6.61 Å². The molecule has 3 atom stereocenters. The number of carbonyl (C=O) groups excluding carboxylic acids is 1. The fourth-order valence-electron chi connectivity index (χ4n) is 1.77. The van der Waals surface area contributed by atoms with E-state index in [1.165, 1.54) is 0 Å². The summed E-state index contributed by atoms with van der Waals surface area (Å²) in [4.78, 5) is 22.0. The topological polar surface area (TPSA) is 95.9 Å². The summed E-state index contributed by atoms with van der Waals surface area (Å²) in [5.41, 5.74) is 0. The van der Waals surface area contributed by atoms with Crippen molar-refractivity contribution < 1.29 is 24.5 Å². The Balaban J connectivity index is 2.37. The van der Waals surface area contributed by atoms with E-state index in [1.807, 2.05) is 6.92 Å². The van der Waals surface area contributed by atoms with Crippen LogP contribution < -0.4 is 5.32 Å². The van der Waals surface area contributed by atoms with E-state index in [4.69, 9.17) is 14.9 Å². The minimum Gasteiger partial charge on any atom is -0.479 e. The standard InChI is InChI=1S/C10H17NO5/c1-2-8-6(3-4-16-8)9(13)11-5-7(12)10(14)15/h6-8,12H,2-5H2,1H3,(H,11,13)(H,14,15)/t6?,7-,8?/m0/s1. The monoisotopic (exact) mass is 231 g/mol. The van der Waals surface area contributed by atoms with Crippen LogP contribution in [-0.4, -0.2) is 47.4 Å². The van der Waals surface area contributed by atoms with Crippen molar-refractivity contribution in [2.45, 2.75) is 32.0 Å². The zero-order chi connectivity index (χ0) is 12.1.